The molecular formula is C12H12N2O6. The molecule has 0 bridgehead atoms. The molecule has 0 fully saturated rings. The number of hydrogen-bond acceptors (Lipinski definition) is 7. The van der Waals surface area contributed by atoms with Gasteiger partial charge < -0.3 is 14.2 Å². The highest BCUT2D eigenvalue weighted by atomic mass is 16.6. The second-order valence-electron chi connectivity index (χ2n) is 3.44. The summed E-state index contributed by atoms with van der Waals surface area (Å²) in [7, 11) is 1.33. The van der Waals surface area contributed by atoms with Crippen LogP contribution in [0.1, 0.15) is 17.3 Å². The highest BCUT2D eigenvalue weighted by molar-refractivity contribution is 5.95. The second-order valence-corrected chi connectivity index (χ2v) is 3.44. The van der Waals surface area contributed by atoms with Crippen LogP contribution in [-0.4, -0.2) is 31.2 Å². The molecule has 20 heavy (non-hydrogen) atoms. The highest BCUT2D eigenvalue weighted by Gasteiger charge is 2.25. The maximum Gasteiger partial charge on any atom is 0.346 e. The lowest BCUT2D eigenvalue weighted by Crippen LogP contribution is -2.09. The quantitative estimate of drug-likeness (QED) is 0.442. The third-order valence-corrected chi connectivity index (χ3v) is 2.27. The van der Waals surface area contributed by atoms with E-state index in [1.807, 2.05) is 0 Å². The van der Waals surface area contributed by atoms with E-state index in [0.29, 0.717) is 6.61 Å². The van der Waals surface area contributed by atoms with Crippen molar-refractivity contribution in [3.63, 3.8) is 0 Å². The number of benzene rings is 1. The van der Waals surface area contributed by atoms with Crippen LogP contribution in [0.3, 0.4) is 0 Å². The molecule has 0 saturated carbocycles. The Kier molecular flexibility index (Phi) is 5.29. The standard InChI is InChI=1S/C12H12N2O6/c1-3-19-11-6-8(12(15)20-5-4-13)9(14(16)17)7-10(11)18-2/h6-7H,3,5H2,1-2H3. The number of nitro groups is 1. The fourth-order valence-corrected chi connectivity index (χ4v) is 1.47. The molecular weight excluding hydrogens is 268 g/mol. The molecule has 0 saturated heterocycles. The van der Waals surface area contributed by atoms with Gasteiger partial charge in [-0.25, -0.2) is 4.79 Å². The Balaban J connectivity index is 3.32. The first-order valence-corrected chi connectivity index (χ1v) is 5.58. The molecule has 0 aromatic heterocycles. The van der Waals surface area contributed by atoms with Gasteiger partial charge in [0.25, 0.3) is 5.69 Å². The Labute approximate surface area is 114 Å². The number of ether oxygens (including phenoxy) is 3. The molecule has 1 aromatic carbocycles. The van der Waals surface area contributed by atoms with Gasteiger partial charge in [0.15, 0.2) is 18.1 Å². The van der Waals surface area contributed by atoms with Crippen LogP contribution in [0, 0.1) is 21.4 Å². The van der Waals surface area contributed by atoms with Gasteiger partial charge in [-0.3, -0.25) is 10.1 Å². The SMILES string of the molecule is CCOc1cc(C(=O)OCC#N)c([N+](=O)[O-])cc1OC. The first-order valence-electron chi connectivity index (χ1n) is 5.58. The van der Waals surface area contributed by atoms with Crippen molar-refractivity contribution in [2.24, 2.45) is 0 Å². The molecule has 1 rings (SSSR count). The van der Waals surface area contributed by atoms with Crippen molar-refractivity contribution in [3.8, 4) is 17.6 Å². The minimum Gasteiger partial charge on any atom is -0.493 e. The van der Waals surface area contributed by atoms with Gasteiger partial charge >= 0.3 is 5.97 Å². The smallest absolute Gasteiger partial charge is 0.346 e. The van der Waals surface area contributed by atoms with E-state index in [0.717, 1.165) is 6.07 Å². The van der Waals surface area contributed by atoms with E-state index in [1.54, 1.807) is 13.0 Å². The number of hydrogen-bond donors (Lipinski definition) is 0. The molecule has 106 valence electrons. The number of nitrogens with zero attached hydrogens (tertiary/aromatic N) is 2. The largest absolute Gasteiger partial charge is 0.493 e. The average Bonchev–Trinajstić information content (AvgIpc) is 2.44. The topological polar surface area (TPSA) is 112 Å². The minimum atomic E-state index is -0.971. The first kappa shape index (κ1) is 15.2. The number of esters is 1. The maximum absolute atomic E-state index is 11.7. The third kappa shape index (κ3) is 3.35. The fourth-order valence-electron chi connectivity index (χ4n) is 1.47. The van der Waals surface area contributed by atoms with E-state index in [1.165, 1.54) is 13.2 Å². The van der Waals surface area contributed by atoms with Crippen molar-refractivity contribution in [2.45, 2.75) is 6.92 Å². The van der Waals surface area contributed by atoms with Gasteiger partial charge in [-0.15, -0.1) is 0 Å². The summed E-state index contributed by atoms with van der Waals surface area (Å²) in [5, 5.41) is 19.3. The van der Waals surface area contributed by atoms with E-state index >= 15 is 0 Å². The molecule has 0 atom stereocenters. The van der Waals surface area contributed by atoms with Crippen LogP contribution in [-0.2, 0) is 4.74 Å². The number of nitro benzene ring substituents is 1. The summed E-state index contributed by atoms with van der Waals surface area (Å²) in [4.78, 5) is 21.9. The minimum absolute atomic E-state index is 0.135. The maximum atomic E-state index is 11.7. The van der Waals surface area contributed by atoms with Crippen LogP contribution < -0.4 is 9.47 Å². The van der Waals surface area contributed by atoms with Crippen LogP contribution in [0.5, 0.6) is 11.5 Å². The van der Waals surface area contributed by atoms with Crippen LogP contribution in [0.4, 0.5) is 5.69 Å². The van der Waals surface area contributed by atoms with E-state index < -0.39 is 23.2 Å². The predicted molar refractivity (Wildman–Crippen MR) is 66.7 cm³/mol. The molecule has 0 N–H and O–H groups in total. The van der Waals surface area contributed by atoms with E-state index in [2.05, 4.69) is 4.74 Å². The van der Waals surface area contributed by atoms with Gasteiger partial charge in [0.2, 0.25) is 0 Å². The molecule has 0 heterocycles. The monoisotopic (exact) mass is 280 g/mol. The summed E-state index contributed by atoms with van der Waals surface area (Å²) in [6.07, 6.45) is 0. The summed E-state index contributed by atoms with van der Waals surface area (Å²) >= 11 is 0. The van der Waals surface area contributed by atoms with Crippen molar-refractivity contribution in [1.82, 2.24) is 0 Å². The summed E-state index contributed by atoms with van der Waals surface area (Å²) in [6.45, 7) is 1.52. The van der Waals surface area contributed by atoms with Crippen LogP contribution in [0.2, 0.25) is 0 Å². The van der Waals surface area contributed by atoms with Crippen molar-refractivity contribution in [3.05, 3.63) is 27.8 Å². The highest BCUT2D eigenvalue weighted by Crippen LogP contribution is 2.35. The summed E-state index contributed by atoms with van der Waals surface area (Å²) in [5.74, 6) is -0.651. The molecule has 8 nitrogen and oxygen atoms in total. The first-order chi connectivity index (χ1) is 9.54. The Bertz CT molecular complexity index is 564. The normalized spacial score (nSPS) is 9.45. The molecule has 0 aliphatic carbocycles. The summed E-state index contributed by atoms with van der Waals surface area (Å²) in [5.41, 5.74) is -0.775. The van der Waals surface area contributed by atoms with Gasteiger partial charge in [-0.2, -0.15) is 5.26 Å². The lowest BCUT2D eigenvalue weighted by molar-refractivity contribution is -0.385. The van der Waals surface area contributed by atoms with E-state index in [4.69, 9.17) is 14.7 Å². The molecule has 0 amide bonds. The Morgan fingerprint density at radius 2 is 2.15 bits per heavy atom. The number of carbonyl (C=O) groups is 1. The van der Waals surface area contributed by atoms with Gasteiger partial charge in [0, 0.05) is 6.07 Å². The van der Waals surface area contributed by atoms with Crippen molar-refractivity contribution in [2.75, 3.05) is 20.3 Å². The second kappa shape index (κ2) is 6.94. The third-order valence-electron chi connectivity index (χ3n) is 2.27. The molecule has 0 aliphatic heterocycles. The van der Waals surface area contributed by atoms with Gasteiger partial charge in [0.1, 0.15) is 11.6 Å². The van der Waals surface area contributed by atoms with Crippen molar-refractivity contribution < 1.29 is 23.9 Å². The molecule has 0 unspecified atom stereocenters. The lowest BCUT2D eigenvalue weighted by atomic mass is 10.1. The van der Waals surface area contributed by atoms with E-state index in [9.17, 15) is 14.9 Å². The van der Waals surface area contributed by atoms with Gasteiger partial charge in [-0.05, 0) is 6.92 Å². The number of nitriles is 1. The predicted octanol–water partition coefficient (Wildman–Crippen LogP) is 1.68. The molecule has 8 heteroatoms. The van der Waals surface area contributed by atoms with E-state index in [-0.39, 0.29) is 17.1 Å². The zero-order valence-corrected chi connectivity index (χ0v) is 10.9. The molecule has 0 radical (unpaired) electrons. The fraction of sp³-hybridized carbons (Fsp3) is 0.333. The van der Waals surface area contributed by atoms with Gasteiger partial charge in [0.05, 0.1) is 24.7 Å². The number of methoxy groups -OCH3 is 1. The molecule has 0 spiro atoms. The number of rotatable bonds is 6. The lowest BCUT2D eigenvalue weighted by Gasteiger charge is -2.11. The molecule has 1 aromatic rings. The molecule has 0 aliphatic rings. The van der Waals surface area contributed by atoms with Crippen molar-refractivity contribution in [1.29, 1.82) is 5.26 Å². The van der Waals surface area contributed by atoms with Crippen LogP contribution in [0.25, 0.3) is 0 Å². The van der Waals surface area contributed by atoms with Crippen LogP contribution >= 0.6 is 0 Å². The van der Waals surface area contributed by atoms with Crippen molar-refractivity contribution >= 4 is 11.7 Å². The zero-order valence-electron chi connectivity index (χ0n) is 10.9. The van der Waals surface area contributed by atoms with Gasteiger partial charge in [-0.1, -0.05) is 0 Å². The average molecular weight is 280 g/mol. The Morgan fingerprint density at radius 1 is 1.45 bits per heavy atom. The zero-order chi connectivity index (χ0) is 15.1. The summed E-state index contributed by atoms with van der Waals surface area (Å²) < 4.78 is 14.8. The Hall–Kier alpha value is -2.82. The summed E-state index contributed by atoms with van der Waals surface area (Å²) in [6, 6.07) is 3.85. The number of carbonyl (C=O) groups excluding carboxylic acids is 1. The van der Waals surface area contributed by atoms with Crippen LogP contribution in [0.15, 0.2) is 12.1 Å². The Morgan fingerprint density at radius 3 is 2.65 bits per heavy atom.